The van der Waals surface area contributed by atoms with Crippen LogP contribution in [0.4, 0.5) is 9.18 Å². The molecule has 2 rings (SSSR count). The van der Waals surface area contributed by atoms with E-state index in [1.165, 1.54) is 12.1 Å². The molecule has 1 aromatic carbocycles. The summed E-state index contributed by atoms with van der Waals surface area (Å²) in [6.45, 7) is -0.0209. The number of benzene rings is 1. The summed E-state index contributed by atoms with van der Waals surface area (Å²) in [6, 6.07) is 5.75. The first-order valence-electron chi connectivity index (χ1n) is 6.28. The second-order valence-electron chi connectivity index (χ2n) is 4.53. The first-order valence-corrected chi connectivity index (χ1v) is 6.28. The van der Waals surface area contributed by atoms with E-state index >= 15 is 0 Å². The van der Waals surface area contributed by atoms with Gasteiger partial charge in [-0.25, -0.2) is 9.18 Å². The Morgan fingerprint density at radius 2 is 2.05 bits per heavy atom. The van der Waals surface area contributed by atoms with Crippen LogP contribution in [-0.2, 0) is 0 Å². The van der Waals surface area contributed by atoms with Crippen molar-refractivity contribution in [2.45, 2.75) is 25.0 Å². The Morgan fingerprint density at radius 1 is 1.37 bits per heavy atom. The number of hydrogen-bond acceptors (Lipinski definition) is 2. The first-order chi connectivity index (χ1) is 9.16. The van der Waals surface area contributed by atoms with Crippen LogP contribution in [0.1, 0.15) is 24.5 Å². The average Bonchev–Trinajstić information content (AvgIpc) is 2.89. The number of urea groups is 1. The molecular weight excluding hydrogens is 247 g/mol. The van der Waals surface area contributed by atoms with E-state index in [1.54, 1.807) is 12.1 Å². The minimum atomic E-state index is -1.05. The normalized spacial score (nSPS) is 16.3. The summed E-state index contributed by atoms with van der Waals surface area (Å²) in [5.74, 6) is -0.475. The van der Waals surface area contributed by atoms with E-state index in [0.717, 1.165) is 12.8 Å². The summed E-state index contributed by atoms with van der Waals surface area (Å²) in [7, 11) is 0. The number of rotatable bonds is 4. The molecule has 0 aliphatic heterocycles. The molecule has 1 aromatic rings. The van der Waals surface area contributed by atoms with Gasteiger partial charge in [0.05, 0.1) is 6.10 Å². The molecule has 0 heterocycles. The maximum absolute atomic E-state index is 13.4. The molecule has 0 aromatic heterocycles. The largest absolute Gasteiger partial charge is 0.386 e. The molecule has 19 heavy (non-hydrogen) atoms. The maximum Gasteiger partial charge on any atom is 0.315 e. The fraction of sp³-hybridized carbons (Fsp3) is 0.357. The van der Waals surface area contributed by atoms with Crippen LogP contribution < -0.4 is 10.6 Å². The third-order valence-corrected chi connectivity index (χ3v) is 3.06. The number of hydrogen-bond donors (Lipinski definition) is 3. The standard InChI is InChI=1S/C14H17FN2O2/c15-12-8-4-3-7-11(12)13(18)9-16-14(19)17-10-5-1-2-6-10/h1-4,7-8,10,13,18H,5-6,9H2,(H2,16,17,19). The van der Waals surface area contributed by atoms with Gasteiger partial charge in [-0.2, -0.15) is 0 Å². The van der Waals surface area contributed by atoms with E-state index in [0.29, 0.717) is 0 Å². The highest BCUT2D eigenvalue weighted by atomic mass is 19.1. The third-order valence-electron chi connectivity index (χ3n) is 3.06. The van der Waals surface area contributed by atoms with E-state index in [2.05, 4.69) is 10.6 Å². The summed E-state index contributed by atoms with van der Waals surface area (Å²) in [5.41, 5.74) is 0.185. The van der Waals surface area contributed by atoms with Crippen LogP contribution >= 0.6 is 0 Å². The number of nitrogens with one attached hydrogen (secondary N) is 2. The van der Waals surface area contributed by atoms with Crippen LogP contribution in [0.25, 0.3) is 0 Å². The molecule has 0 bridgehead atoms. The van der Waals surface area contributed by atoms with Crippen molar-refractivity contribution in [3.05, 3.63) is 47.8 Å². The molecule has 1 aliphatic carbocycles. The summed E-state index contributed by atoms with van der Waals surface area (Å²) in [6.07, 6.45) is 4.62. The predicted molar refractivity (Wildman–Crippen MR) is 70.1 cm³/mol. The van der Waals surface area contributed by atoms with Gasteiger partial charge in [0.1, 0.15) is 5.82 Å². The number of carbonyl (C=O) groups excluding carboxylic acids is 1. The Kier molecular flexibility index (Phi) is 4.52. The van der Waals surface area contributed by atoms with Crippen molar-refractivity contribution in [2.24, 2.45) is 0 Å². The highest BCUT2D eigenvalue weighted by molar-refractivity contribution is 5.74. The first kappa shape index (κ1) is 13.5. The van der Waals surface area contributed by atoms with Crippen molar-refractivity contribution in [3.8, 4) is 0 Å². The van der Waals surface area contributed by atoms with Crippen LogP contribution in [0.3, 0.4) is 0 Å². The fourth-order valence-corrected chi connectivity index (χ4v) is 2.02. The molecule has 2 amide bonds. The van der Waals surface area contributed by atoms with Gasteiger partial charge in [-0.15, -0.1) is 0 Å². The second-order valence-corrected chi connectivity index (χ2v) is 4.53. The quantitative estimate of drug-likeness (QED) is 0.727. The summed E-state index contributed by atoms with van der Waals surface area (Å²) >= 11 is 0. The molecule has 5 heteroatoms. The zero-order valence-corrected chi connectivity index (χ0v) is 10.5. The lowest BCUT2D eigenvalue weighted by atomic mass is 10.1. The predicted octanol–water partition coefficient (Wildman–Crippen LogP) is 1.88. The Hall–Kier alpha value is -1.88. The van der Waals surface area contributed by atoms with Gasteiger partial charge in [0, 0.05) is 18.2 Å². The topological polar surface area (TPSA) is 61.4 Å². The van der Waals surface area contributed by atoms with Gasteiger partial charge in [0.25, 0.3) is 0 Å². The van der Waals surface area contributed by atoms with E-state index in [9.17, 15) is 14.3 Å². The van der Waals surface area contributed by atoms with Crippen LogP contribution in [0, 0.1) is 5.82 Å². The minimum absolute atomic E-state index is 0.0209. The Balaban J connectivity index is 1.78. The van der Waals surface area contributed by atoms with Gasteiger partial charge in [-0.3, -0.25) is 0 Å². The minimum Gasteiger partial charge on any atom is -0.386 e. The van der Waals surface area contributed by atoms with Gasteiger partial charge in [0.2, 0.25) is 0 Å². The molecule has 4 nitrogen and oxygen atoms in total. The summed E-state index contributed by atoms with van der Waals surface area (Å²) in [4.78, 5) is 11.6. The van der Waals surface area contributed by atoms with Crippen molar-refractivity contribution in [2.75, 3.05) is 6.54 Å². The smallest absolute Gasteiger partial charge is 0.315 e. The molecule has 0 spiro atoms. The number of aliphatic hydroxyl groups excluding tert-OH is 1. The Labute approximate surface area is 111 Å². The van der Waals surface area contributed by atoms with E-state index in [4.69, 9.17) is 0 Å². The summed E-state index contributed by atoms with van der Waals surface area (Å²) in [5, 5.41) is 15.1. The summed E-state index contributed by atoms with van der Waals surface area (Å²) < 4.78 is 13.4. The number of amides is 2. The van der Waals surface area contributed by atoms with Crippen LogP contribution in [0.2, 0.25) is 0 Å². The SMILES string of the molecule is O=C(NCC(O)c1ccccc1F)NC1CC=CC1. The van der Waals surface area contributed by atoms with E-state index in [-0.39, 0.29) is 24.2 Å². The molecular formula is C14H17FN2O2. The molecule has 3 N–H and O–H groups in total. The second kappa shape index (κ2) is 6.33. The number of aliphatic hydroxyl groups is 1. The van der Waals surface area contributed by atoms with Gasteiger partial charge in [-0.05, 0) is 18.9 Å². The highest BCUT2D eigenvalue weighted by Gasteiger charge is 2.16. The molecule has 0 saturated carbocycles. The van der Waals surface area contributed by atoms with Crippen LogP contribution in [0.15, 0.2) is 36.4 Å². The van der Waals surface area contributed by atoms with Gasteiger partial charge < -0.3 is 15.7 Å². The fourth-order valence-electron chi connectivity index (χ4n) is 2.02. The average molecular weight is 264 g/mol. The van der Waals surface area contributed by atoms with E-state index in [1.807, 2.05) is 12.2 Å². The molecule has 1 unspecified atom stereocenters. The van der Waals surface area contributed by atoms with Crippen molar-refractivity contribution >= 4 is 6.03 Å². The molecule has 102 valence electrons. The lowest BCUT2D eigenvalue weighted by molar-refractivity contribution is 0.168. The van der Waals surface area contributed by atoms with E-state index < -0.39 is 11.9 Å². The highest BCUT2D eigenvalue weighted by Crippen LogP contribution is 2.15. The Morgan fingerprint density at radius 3 is 2.74 bits per heavy atom. The van der Waals surface area contributed by atoms with Crippen molar-refractivity contribution in [1.82, 2.24) is 10.6 Å². The van der Waals surface area contributed by atoms with Crippen molar-refractivity contribution in [1.29, 1.82) is 0 Å². The monoisotopic (exact) mass is 264 g/mol. The van der Waals surface area contributed by atoms with Gasteiger partial charge >= 0.3 is 6.03 Å². The maximum atomic E-state index is 13.4. The number of halogens is 1. The van der Waals surface area contributed by atoms with Crippen LogP contribution in [-0.4, -0.2) is 23.7 Å². The zero-order valence-electron chi connectivity index (χ0n) is 10.5. The lowest BCUT2D eigenvalue weighted by Crippen LogP contribution is -2.42. The van der Waals surface area contributed by atoms with Gasteiger partial charge in [0.15, 0.2) is 0 Å². The lowest BCUT2D eigenvalue weighted by Gasteiger charge is -2.16. The zero-order chi connectivity index (χ0) is 13.7. The molecule has 1 atom stereocenters. The van der Waals surface area contributed by atoms with Gasteiger partial charge in [-0.1, -0.05) is 30.4 Å². The molecule has 0 saturated heterocycles. The molecule has 0 fully saturated rings. The Bertz CT molecular complexity index is 468. The van der Waals surface area contributed by atoms with Crippen molar-refractivity contribution < 1.29 is 14.3 Å². The number of carbonyl (C=O) groups is 1. The van der Waals surface area contributed by atoms with Crippen molar-refractivity contribution in [3.63, 3.8) is 0 Å². The third kappa shape index (κ3) is 3.79. The molecule has 1 aliphatic rings. The van der Waals surface area contributed by atoms with Crippen LogP contribution in [0.5, 0.6) is 0 Å². The molecule has 0 radical (unpaired) electrons.